The number of alkyl halides is 16. The van der Waals surface area contributed by atoms with Crippen molar-refractivity contribution < 1.29 is 97.1 Å². The summed E-state index contributed by atoms with van der Waals surface area (Å²) >= 11 is 0. The zero-order valence-electron chi connectivity index (χ0n) is 19.1. The van der Waals surface area contributed by atoms with E-state index >= 15 is 0 Å². The van der Waals surface area contributed by atoms with Crippen molar-refractivity contribution in [1.29, 1.82) is 0 Å². The zero-order valence-corrected chi connectivity index (χ0v) is 19.9. The Morgan fingerprint density at radius 3 is 1.59 bits per heavy atom. The molecule has 0 aliphatic carbocycles. The maximum atomic E-state index is 13.7. The highest BCUT2D eigenvalue weighted by molar-refractivity contribution is 7.85. The van der Waals surface area contributed by atoms with Crippen LogP contribution in [0.2, 0.25) is 0 Å². The molecule has 0 amide bonds. The first kappa shape index (κ1) is 37.7. The van der Waals surface area contributed by atoms with Crippen LogP contribution >= 0.6 is 0 Å². The lowest BCUT2D eigenvalue weighted by atomic mass is 10.1. The molecule has 0 rings (SSSR count). The van der Waals surface area contributed by atoms with E-state index in [2.05, 4.69) is 13.7 Å². The summed E-state index contributed by atoms with van der Waals surface area (Å²) in [5, 5.41) is 0. The van der Waals surface area contributed by atoms with E-state index in [-0.39, 0.29) is 6.42 Å². The van der Waals surface area contributed by atoms with Gasteiger partial charge in [0.2, 0.25) is 0 Å². The standard InChI is InChI=1S/C16H18F16O6S/c1-8(17)6-9(4-3-5-36-39(2,33)34)35-7-10(18,19)37-15(29,30)16(31,32)38-14(27,28)12(22,23)11(20,21)13(24,25)26/h8-9H,3-7H2,1-2H3/t8-,9-/m1/s1. The van der Waals surface area contributed by atoms with E-state index in [9.17, 15) is 78.7 Å². The topological polar surface area (TPSA) is 71.1 Å². The molecule has 0 spiro atoms. The van der Waals surface area contributed by atoms with E-state index in [0.29, 0.717) is 6.26 Å². The van der Waals surface area contributed by atoms with Crippen LogP contribution in [0, 0.1) is 0 Å². The van der Waals surface area contributed by atoms with Crippen LogP contribution in [-0.4, -0.2) is 82.6 Å². The minimum atomic E-state index is -7.97. The van der Waals surface area contributed by atoms with Crippen LogP contribution < -0.4 is 0 Å². The van der Waals surface area contributed by atoms with Gasteiger partial charge < -0.3 is 4.74 Å². The van der Waals surface area contributed by atoms with E-state index in [4.69, 9.17) is 0 Å². The third kappa shape index (κ3) is 10.5. The number of halogens is 16. The molecule has 0 bridgehead atoms. The third-order valence-electron chi connectivity index (χ3n) is 4.03. The second-order valence-corrected chi connectivity index (χ2v) is 9.30. The van der Waals surface area contributed by atoms with Gasteiger partial charge in [0.1, 0.15) is 6.61 Å². The molecule has 0 N–H and O–H groups in total. The summed E-state index contributed by atoms with van der Waals surface area (Å²) in [6, 6.07) is 0. The molecule has 0 unspecified atom stereocenters. The first-order valence-electron chi connectivity index (χ1n) is 9.75. The van der Waals surface area contributed by atoms with Gasteiger partial charge in [0.15, 0.2) is 0 Å². The largest absolute Gasteiger partial charge is 0.460 e. The van der Waals surface area contributed by atoms with Gasteiger partial charge in [-0.2, -0.15) is 74.3 Å². The van der Waals surface area contributed by atoms with Gasteiger partial charge in [-0.25, -0.2) is 13.9 Å². The number of ether oxygens (including phenoxy) is 3. The van der Waals surface area contributed by atoms with Crippen molar-refractivity contribution in [2.45, 2.75) is 80.9 Å². The Hall–Kier alpha value is -1.33. The predicted molar refractivity (Wildman–Crippen MR) is 92.9 cm³/mol. The molecular formula is C16H18F16O6S. The van der Waals surface area contributed by atoms with Crippen LogP contribution in [0.1, 0.15) is 26.2 Å². The number of hydrogen-bond donors (Lipinski definition) is 0. The fraction of sp³-hybridized carbons (Fsp3) is 1.00. The summed E-state index contributed by atoms with van der Waals surface area (Å²) in [4.78, 5) is 0. The quantitative estimate of drug-likeness (QED) is 0.108. The molecule has 236 valence electrons. The molecule has 0 saturated carbocycles. The molecular weight excluding hydrogens is 624 g/mol. The third-order valence-corrected chi connectivity index (χ3v) is 4.63. The maximum absolute atomic E-state index is 13.7. The van der Waals surface area contributed by atoms with Gasteiger partial charge in [-0.15, -0.1) is 0 Å². The Morgan fingerprint density at radius 1 is 0.718 bits per heavy atom. The van der Waals surface area contributed by atoms with E-state index in [0.717, 1.165) is 6.92 Å². The Balaban J connectivity index is 5.58. The average Bonchev–Trinajstić information content (AvgIpc) is 2.65. The van der Waals surface area contributed by atoms with Gasteiger partial charge in [-0.05, 0) is 19.8 Å². The minimum absolute atomic E-state index is 0.356. The van der Waals surface area contributed by atoms with Gasteiger partial charge in [-0.1, -0.05) is 0 Å². The molecule has 0 aliphatic heterocycles. The lowest BCUT2D eigenvalue weighted by molar-refractivity contribution is -0.543. The molecule has 2 atom stereocenters. The van der Waals surface area contributed by atoms with Gasteiger partial charge in [0.05, 0.1) is 25.1 Å². The average molecular weight is 642 g/mol. The van der Waals surface area contributed by atoms with Gasteiger partial charge >= 0.3 is 42.5 Å². The van der Waals surface area contributed by atoms with Crippen LogP contribution in [0.3, 0.4) is 0 Å². The second-order valence-electron chi connectivity index (χ2n) is 7.66. The molecule has 39 heavy (non-hydrogen) atoms. The number of hydrogen-bond acceptors (Lipinski definition) is 6. The molecule has 0 fully saturated rings. The molecule has 0 radical (unpaired) electrons. The van der Waals surface area contributed by atoms with Crippen LogP contribution in [0.15, 0.2) is 0 Å². The normalized spacial score (nSPS) is 16.9. The second kappa shape index (κ2) is 12.3. The lowest BCUT2D eigenvalue weighted by Crippen LogP contribution is -2.64. The van der Waals surface area contributed by atoms with Crippen molar-refractivity contribution in [1.82, 2.24) is 0 Å². The molecule has 0 aromatic carbocycles. The van der Waals surface area contributed by atoms with Crippen LogP contribution in [0.4, 0.5) is 70.2 Å². The van der Waals surface area contributed by atoms with Gasteiger partial charge in [0.25, 0.3) is 10.1 Å². The first-order chi connectivity index (χ1) is 16.9. The van der Waals surface area contributed by atoms with E-state index in [1.54, 1.807) is 0 Å². The first-order valence-corrected chi connectivity index (χ1v) is 11.6. The molecule has 0 aromatic rings. The summed E-state index contributed by atoms with van der Waals surface area (Å²) in [7, 11) is -3.97. The summed E-state index contributed by atoms with van der Waals surface area (Å²) in [6.07, 6.45) is -40.1. The minimum Gasteiger partial charge on any atom is -0.369 e. The summed E-state index contributed by atoms with van der Waals surface area (Å²) in [6.45, 7) is -2.27. The van der Waals surface area contributed by atoms with Crippen molar-refractivity contribution in [2.24, 2.45) is 0 Å². The molecule has 23 heteroatoms. The van der Waals surface area contributed by atoms with Crippen LogP contribution in [-0.2, 0) is 28.5 Å². The Kier molecular flexibility index (Phi) is 11.8. The Morgan fingerprint density at radius 2 is 1.18 bits per heavy atom. The van der Waals surface area contributed by atoms with Gasteiger partial charge in [0, 0.05) is 6.42 Å². The van der Waals surface area contributed by atoms with E-state index in [1.165, 1.54) is 4.74 Å². The monoisotopic (exact) mass is 642 g/mol. The predicted octanol–water partition coefficient (Wildman–Crippen LogP) is 6.11. The smallest absolute Gasteiger partial charge is 0.369 e. The van der Waals surface area contributed by atoms with Crippen molar-refractivity contribution in [3.05, 3.63) is 0 Å². The van der Waals surface area contributed by atoms with Crippen molar-refractivity contribution in [3.63, 3.8) is 0 Å². The summed E-state index contributed by atoms with van der Waals surface area (Å²) in [5.74, 6) is -15.8. The van der Waals surface area contributed by atoms with E-state index in [1.807, 2.05) is 0 Å². The Bertz CT molecular complexity index is 890. The molecule has 0 heterocycles. The van der Waals surface area contributed by atoms with Crippen LogP contribution in [0.5, 0.6) is 0 Å². The molecule has 0 saturated heterocycles. The van der Waals surface area contributed by atoms with Crippen molar-refractivity contribution >= 4 is 10.1 Å². The summed E-state index contributed by atoms with van der Waals surface area (Å²) in [5.41, 5.74) is 0. The fourth-order valence-electron chi connectivity index (χ4n) is 2.29. The maximum Gasteiger partial charge on any atom is 0.460 e. The highest BCUT2D eigenvalue weighted by atomic mass is 32.2. The summed E-state index contributed by atoms with van der Waals surface area (Å²) < 4.78 is 242. The fourth-order valence-corrected chi connectivity index (χ4v) is 2.71. The zero-order chi connectivity index (χ0) is 31.5. The van der Waals surface area contributed by atoms with Crippen molar-refractivity contribution in [2.75, 3.05) is 19.5 Å². The molecule has 0 aromatic heterocycles. The van der Waals surface area contributed by atoms with Crippen LogP contribution in [0.25, 0.3) is 0 Å². The molecule has 6 nitrogen and oxygen atoms in total. The van der Waals surface area contributed by atoms with Gasteiger partial charge in [-0.3, -0.25) is 4.18 Å². The molecule has 0 aliphatic rings. The Labute approximate surface area is 208 Å². The SMILES string of the molecule is C[C@@H](F)C[C@@H](CCCOS(C)(=O)=O)OCC(F)(F)OC(F)(F)C(F)(F)OC(F)(F)C(F)(F)C(F)(F)C(F)(F)F. The van der Waals surface area contributed by atoms with Crippen molar-refractivity contribution in [3.8, 4) is 0 Å². The lowest BCUT2D eigenvalue weighted by Gasteiger charge is -2.36. The highest BCUT2D eigenvalue weighted by Gasteiger charge is 2.85. The van der Waals surface area contributed by atoms with E-state index < -0.39 is 90.9 Å². The highest BCUT2D eigenvalue weighted by Crippen LogP contribution is 2.55. The number of rotatable bonds is 17.